The molecule has 2 aliphatic rings. The van der Waals surface area contributed by atoms with E-state index in [0.717, 1.165) is 0 Å². The largest absolute Gasteiger partial charge is 0.310 e. The molecule has 9 aromatic carbocycles. The smallest absolute Gasteiger partial charge is 0.249 e. The van der Waals surface area contributed by atoms with Gasteiger partial charge in [0.1, 0.15) is 0 Å². The van der Waals surface area contributed by atoms with Gasteiger partial charge in [-0.15, -0.1) is 0 Å². The van der Waals surface area contributed by atoms with E-state index in [9.17, 15) is 0 Å². The van der Waals surface area contributed by atoms with Crippen molar-refractivity contribution in [2.24, 2.45) is 0 Å². The average Bonchev–Trinajstić information content (AvgIpc) is 3.35. The fourth-order valence-corrected chi connectivity index (χ4v) is 11.8. The normalized spacial score (nSPS) is 13.2. The van der Waals surface area contributed by atoms with Crippen molar-refractivity contribution in [1.82, 2.24) is 0 Å². The molecule has 0 saturated heterocycles. The van der Waals surface area contributed by atoms with Gasteiger partial charge in [0, 0.05) is 32.3 Å². The molecule has 2 heterocycles. The average molecular weight is 910 g/mol. The Labute approximate surface area is 415 Å². The highest BCUT2D eigenvalue weighted by Crippen LogP contribution is 2.52. The van der Waals surface area contributed by atoms with Crippen LogP contribution in [-0.4, -0.2) is 6.71 Å². The lowest BCUT2D eigenvalue weighted by Gasteiger charge is -2.43. The second-order valence-electron chi connectivity index (χ2n) is 22.2. The van der Waals surface area contributed by atoms with Crippen LogP contribution >= 0.6 is 11.8 Å². The number of anilines is 3. The predicted molar refractivity (Wildman–Crippen MR) is 300 cm³/mol. The van der Waals surface area contributed by atoms with Gasteiger partial charge in [0.25, 0.3) is 0 Å². The minimum Gasteiger partial charge on any atom is -0.310 e. The van der Waals surface area contributed by atoms with E-state index in [0.29, 0.717) is 0 Å². The van der Waals surface area contributed by atoms with Crippen LogP contribution in [0.1, 0.15) is 79.0 Å². The number of benzene rings is 9. The summed E-state index contributed by atoms with van der Waals surface area (Å²) in [6.07, 6.45) is 0. The van der Waals surface area contributed by atoms with Crippen LogP contribution in [0.3, 0.4) is 0 Å². The van der Waals surface area contributed by atoms with Crippen molar-refractivity contribution in [1.29, 1.82) is 0 Å². The Bertz CT molecular complexity index is 3300. The zero-order chi connectivity index (χ0) is 47.8. The summed E-state index contributed by atoms with van der Waals surface area (Å²) in [6.45, 7) is 21.0. The Kier molecular flexibility index (Phi) is 11.0. The van der Waals surface area contributed by atoms with E-state index in [1.54, 1.807) is 0 Å². The molecule has 0 fully saturated rings. The Hall–Kier alpha value is -6.81. The molecular formula is C66H60BNS. The first kappa shape index (κ1) is 44.7. The first-order chi connectivity index (χ1) is 33.1. The summed E-state index contributed by atoms with van der Waals surface area (Å²) in [5.41, 5.74) is 23.8. The van der Waals surface area contributed by atoms with E-state index >= 15 is 0 Å². The van der Waals surface area contributed by atoms with Gasteiger partial charge in [-0.25, -0.2) is 0 Å². The number of nitrogens with zero attached hydrogens (tertiary/aromatic N) is 1. The van der Waals surface area contributed by atoms with Gasteiger partial charge in [-0.2, -0.15) is 0 Å². The van der Waals surface area contributed by atoms with Crippen LogP contribution in [-0.2, 0) is 16.2 Å². The lowest BCUT2D eigenvalue weighted by molar-refractivity contribution is 0.590. The highest BCUT2D eigenvalue weighted by Gasteiger charge is 2.43. The molecule has 11 rings (SSSR count). The standard InChI is InChI=1S/C66H60BNS/c1-64(2,3)47-33-31-43(32-34-47)46-39-59-62-61(40-46)69-60-38-36-49(66(7,8)9)42-57(60)67(62)56-41-48(65(4,5)6)35-37-58(56)68(59)63-54(52-27-18-16-25-50(52)44-21-12-10-13-22-44)29-20-30-55(63)53-28-19-17-26-51(53)45-23-14-11-15-24-45/h10-42H,1-9H3. The van der Waals surface area contributed by atoms with Gasteiger partial charge in [-0.1, -0.05) is 255 Å². The minimum atomic E-state index is -0.0577. The lowest BCUT2D eigenvalue weighted by atomic mass is 9.34. The zero-order valence-corrected chi connectivity index (χ0v) is 42.3. The van der Waals surface area contributed by atoms with E-state index in [1.807, 2.05) is 11.8 Å². The molecule has 9 aromatic rings. The fraction of sp³-hybridized carbons (Fsp3) is 0.182. The SMILES string of the molecule is CC(C)(C)c1ccc(-c2cc3c4c(c2)N(c2c(-c5ccccc5-c5ccccc5)cccc2-c2ccccc2-c2ccccc2)c2ccc(C(C)(C)C)cc2B4c2cc(C(C)(C)C)ccc2S3)cc1. The molecule has 69 heavy (non-hydrogen) atoms. The Morgan fingerprint density at radius 3 is 1.33 bits per heavy atom. The third-order valence-electron chi connectivity index (χ3n) is 14.4. The molecule has 0 saturated carbocycles. The molecule has 338 valence electrons. The van der Waals surface area contributed by atoms with Crippen LogP contribution in [0.15, 0.2) is 210 Å². The van der Waals surface area contributed by atoms with E-state index in [-0.39, 0.29) is 23.0 Å². The number of rotatable bonds is 6. The maximum atomic E-state index is 2.68. The van der Waals surface area contributed by atoms with Gasteiger partial charge >= 0.3 is 0 Å². The van der Waals surface area contributed by atoms with Crippen LogP contribution < -0.4 is 21.3 Å². The predicted octanol–water partition coefficient (Wildman–Crippen LogP) is 16.7. The summed E-state index contributed by atoms with van der Waals surface area (Å²) >= 11 is 1.94. The first-order valence-corrected chi connectivity index (χ1v) is 25.4. The van der Waals surface area contributed by atoms with Crippen molar-refractivity contribution in [2.75, 3.05) is 4.90 Å². The van der Waals surface area contributed by atoms with Crippen molar-refractivity contribution in [2.45, 2.75) is 88.3 Å². The monoisotopic (exact) mass is 909 g/mol. The molecule has 0 aromatic heterocycles. The molecular weight excluding hydrogens is 850 g/mol. The van der Waals surface area contributed by atoms with Crippen LogP contribution in [0.25, 0.3) is 55.6 Å². The fourth-order valence-electron chi connectivity index (χ4n) is 10.7. The molecule has 0 amide bonds. The molecule has 0 radical (unpaired) electrons. The molecule has 0 N–H and O–H groups in total. The molecule has 0 unspecified atom stereocenters. The maximum Gasteiger partial charge on any atom is 0.249 e. The Morgan fingerprint density at radius 1 is 0.333 bits per heavy atom. The van der Waals surface area contributed by atoms with Crippen LogP contribution in [0.4, 0.5) is 17.1 Å². The highest BCUT2D eigenvalue weighted by atomic mass is 32.2. The molecule has 0 bridgehead atoms. The summed E-state index contributed by atoms with van der Waals surface area (Å²) in [6, 6.07) is 75.9. The van der Waals surface area contributed by atoms with Crippen LogP contribution in [0.2, 0.25) is 0 Å². The summed E-state index contributed by atoms with van der Waals surface area (Å²) < 4.78 is 0. The topological polar surface area (TPSA) is 3.24 Å². The van der Waals surface area contributed by atoms with Crippen molar-refractivity contribution >= 4 is 51.9 Å². The molecule has 3 heteroatoms. The lowest BCUT2D eigenvalue weighted by Crippen LogP contribution is -2.60. The van der Waals surface area contributed by atoms with Crippen molar-refractivity contribution in [3.8, 4) is 55.6 Å². The third kappa shape index (κ3) is 8.05. The summed E-state index contributed by atoms with van der Waals surface area (Å²) in [7, 11) is 0. The summed E-state index contributed by atoms with van der Waals surface area (Å²) in [4.78, 5) is 5.33. The summed E-state index contributed by atoms with van der Waals surface area (Å²) in [5, 5.41) is 0. The van der Waals surface area contributed by atoms with E-state index in [4.69, 9.17) is 0 Å². The second kappa shape index (κ2) is 17.0. The van der Waals surface area contributed by atoms with Crippen molar-refractivity contribution in [3.05, 3.63) is 217 Å². The molecule has 1 nitrogen and oxygen atoms in total. The van der Waals surface area contributed by atoms with E-state index in [1.165, 1.54) is 116 Å². The number of para-hydroxylation sites is 1. The quantitative estimate of drug-likeness (QED) is 0.153. The number of hydrogen-bond donors (Lipinski definition) is 0. The minimum absolute atomic E-state index is 0.00516. The van der Waals surface area contributed by atoms with E-state index in [2.05, 4.69) is 267 Å². The zero-order valence-electron chi connectivity index (χ0n) is 41.5. The number of hydrogen-bond acceptors (Lipinski definition) is 2. The van der Waals surface area contributed by atoms with E-state index < -0.39 is 0 Å². The van der Waals surface area contributed by atoms with Gasteiger partial charge in [0.05, 0.1) is 5.69 Å². The van der Waals surface area contributed by atoms with Crippen LogP contribution in [0.5, 0.6) is 0 Å². The van der Waals surface area contributed by atoms with Gasteiger partial charge in [0.2, 0.25) is 6.71 Å². The number of fused-ring (bicyclic) bond motifs is 4. The molecule has 0 atom stereocenters. The Balaban J connectivity index is 1.28. The highest BCUT2D eigenvalue weighted by molar-refractivity contribution is 8.00. The van der Waals surface area contributed by atoms with Crippen molar-refractivity contribution < 1.29 is 0 Å². The van der Waals surface area contributed by atoms with Gasteiger partial charge in [0.15, 0.2) is 0 Å². The maximum absolute atomic E-state index is 2.68. The van der Waals surface area contributed by atoms with Crippen molar-refractivity contribution in [3.63, 3.8) is 0 Å². The molecule has 0 spiro atoms. The summed E-state index contributed by atoms with van der Waals surface area (Å²) in [5.74, 6) is 0. The molecule has 0 aliphatic carbocycles. The Morgan fingerprint density at radius 2 is 0.797 bits per heavy atom. The van der Waals surface area contributed by atoms with Gasteiger partial charge < -0.3 is 4.90 Å². The van der Waals surface area contributed by atoms with Gasteiger partial charge in [-0.05, 0) is 113 Å². The van der Waals surface area contributed by atoms with Gasteiger partial charge in [-0.3, -0.25) is 0 Å². The molecule has 2 aliphatic heterocycles. The second-order valence-corrected chi connectivity index (χ2v) is 23.2. The van der Waals surface area contributed by atoms with Crippen LogP contribution in [0, 0.1) is 0 Å². The first-order valence-electron chi connectivity index (χ1n) is 24.6. The third-order valence-corrected chi connectivity index (χ3v) is 15.6.